The number of rotatable bonds is 6. The van der Waals surface area contributed by atoms with Gasteiger partial charge < -0.3 is 10.6 Å². The predicted molar refractivity (Wildman–Crippen MR) is 124 cm³/mol. The van der Waals surface area contributed by atoms with Crippen LogP contribution in [0.4, 0.5) is 5.69 Å². The first-order chi connectivity index (χ1) is 13.8. The summed E-state index contributed by atoms with van der Waals surface area (Å²) >= 11 is 5.17. The summed E-state index contributed by atoms with van der Waals surface area (Å²) < 4.78 is 47.9. The van der Waals surface area contributed by atoms with Gasteiger partial charge in [0, 0.05) is 11.7 Å². The molecule has 0 unspecified atom stereocenters. The van der Waals surface area contributed by atoms with Crippen LogP contribution in [0.5, 0.6) is 0 Å². The number of sulfonamides is 2. The molecule has 30 heavy (non-hydrogen) atoms. The molecule has 2 rings (SSSR count). The Bertz CT molecular complexity index is 1200. The van der Waals surface area contributed by atoms with Crippen molar-refractivity contribution in [2.24, 2.45) is 10.3 Å². The molecule has 0 fully saturated rings. The molecule has 2 aromatic carbocycles. The molecule has 0 saturated carbocycles. The Morgan fingerprint density at radius 2 is 1.43 bits per heavy atom. The van der Waals surface area contributed by atoms with E-state index in [0.29, 0.717) is 16.4 Å². The van der Waals surface area contributed by atoms with Crippen LogP contribution in [-0.4, -0.2) is 28.0 Å². The number of aryl methyl sites for hydroxylation is 1. The Hall–Kier alpha value is -2.31. The normalized spacial score (nSPS) is 12.3. The minimum atomic E-state index is -4.06. The highest BCUT2D eigenvalue weighted by atomic mass is 32.2. The molecule has 8 nitrogen and oxygen atoms in total. The zero-order valence-electron chi connectivity index (χ0n) is 16.7. The molecule has 0 aliphatic heterocycles. The van der Waals surface area contributed by atoms with E-state index in [0.717, 1.165) is 5.56 Å². The van der Waals surface area contributed by atoms with Crippen LogP contribution in [-0.2, 0) is 20.0 Å². The minimum Gasteiger partial charge on any atom is -0.360 e. The van der Waals surface area contributed by atoms with Crippen molar-refractivity contribution in [3.8, 4) is 0 Å². The van der Waals surface area contributed by atoms with E-state index in [-0.39, 0.29) is 21.4 Å². The number of hydrogen-bond acceptors (Lipinski definition) is 5. The van der Waals surface area contributed by atoms with Crippen LogP contribution < -0.4 is 20.9 Å². The number of benzene rings is 2. The van der Waals surface area contributed by atoms with Gasteiger partial charge in [-0.2, -0.15) is 0 Å². The summed E-state index contributed by atoms with van der Waals surface area (Å²) in [7, 11) is -8.02. The summed E-state index contributed by atoms with van der Waals surface area (Å²) in [5, 5.41) is 16.9. The van der Waals surface area contributed by atoms with Crippen LogP contribution in [0, 0.1) is 6.92 Å². The largest absolute Gasteiger partial charge is 0.360 e. The van der Waals surface area contributed by atoms with Gasteiger partial charge in [-0.1, -0.05) is 30.4 Å². The fourth-order valence-corrected chi connectivity index (χ4v) is 4.55. The van der Waals surface area contributed by atoms with E-state index in [2.05, 4.69) is 10.6 Å². The van der Waals surface area contributed by atoms with E-state index in [1.807, 2.05) is 13.8 Å². The highest BCUT2D eigenvalue weighted by molar-refractivity contribution is 7.89. The molecule has 0 aliphatic carbocycles. The second kappa shape index (κ2) is 9.23. The minimum absolute atomic E-state index is 0.0562. The van der Waals surface area contributed by atoms with Gasteiger partial charge in [0.05, 0.1) is 9.79 Å². The van der Waals surface area contributed by atoms with Crippen LogP contribution in [0.2, 0.25) is 0 Å². The molecule has 0 heterocycles. The summed E-state index contributed by atoms with van der Waals surface area (Å²) in [6, 6.07) is 9.41. The van der Waals surface area contributed by atoms with E-state index in [1.165, 1.54) is 24.3 Å². The average Bonchev–Trinajstić information content (AvgIpc) is 2.59. The van der Waals surface area contributed by atoms with Gasteiger partial charge in [0.2, 0.25) is 20.0 Å². The lowest BCUT2D eigenvalue weighted by atomic mass is 10.1. The van der Waals surface area contributed by atoms with Crippen molar-refractivity contribution in [2.75, 3.05) is 5.32 Å². The molecule has 0 radical (unpaired) electrons. The number of anilines is 1. The molecule has 6 N–H and O–H groups in total. The molecule has 0 aliphatic rings. The maximum Gasteiger partial charge on any atom is 0.238 e. The topological polar surface area (TPSA) is 144 Å². The van der Waals surface area contributed by atoms with Crippen molar-refractivity contribution in [1.82, 2.24) is 5.32 Å². The molecule has 0 saturated heterocycles. The van der Waals surface area contributed by atoms with Gasteiger partial charge in [-0.25, -0.2) is 27.1 Å². The van der Waals surface area contributed by atoms with E-state index in [4.69, 9.17) is 22.5 Å². The van der Waals surface area contributed by atoms with Gasteiger partial charge in [-0.3, -0.25) is 0 Å². The zero-order chi connectivity index (χ0) is 22.7. The van der Waals surface area contributed by atoms with Crippen molar-refractivity contribution < 1.29 is 16.8 Å². The summed E-state index contributed by atoms with van der Waals surface area (Å²) in [5.74, 6) is 0. The van der Waals surface area contributed by atoms with E-state index >= 15 is 0 Å². The molecule has 2 aromatic rings. The summed E-state index contributed by atoms with van der Waals surface area (Å²) in [6.07, 6.45) is 2.94. The third kappa shape index (κ3) is 6.61. The first kappa shape index (κ1) is 24.0. The summed E-state index contributed by atoms with van der Waals surface area (Å²) in [4.78, 5) is -0.195. The lowest BCUT2D eigenvalue weighted by Crippen LogP contribution is -2.33. The van der Waals surface area contributed by atoms with Crippen molar-refractivity contribution >= 4 is 55.2 Å². The molecule has 0 aromatic heterocycles. The number of nitrogens with one attached hydrogen (secondary N) is 2. The first-order valence-corrected chi connectivity index (χ1v) is 12.3. The predicted octanol–water partition coefficient (Wildman–Crippen LogP) is 2.16. The number of primary sulfonamides is 2. The van der Waals surface area contributed by atoms with E-state index < -0.39 is 20.0 Å². The molecular formula is C19H24N4O4S3. The van der Waals surface area contributed by atoms with Crippen LogP contribution in [0.15, 0.2) is 46.2 Å². The third-order valence-electron chi connectivity index (χ3n) is 3.92. The Balaban J connectivity index is 2.47. The van der Waals surface area contributed by atoms with E-state index in [9.17, 15) is 16.8 Å². The highest BCUT2D eigenvalue weighted by Crippen LogP contribution is 2.24. The van der Waals surface area contributed by atoms with Gasteiger partial charge in [-0.05, 0) is 67.9 Å². The van der Waals surface area contributed by atoms with Gasteiger partial charge in [0.25, 0.3) is 0 Å². The van der Waals surface area contributed by atoms with Crippen molar-refractivity contribution in [3.05, 3.63) is 53.1 Å². The second-order valence-electron chi connectivity index (χ2n) is 6.97. The number of hydrogen-bond donors (Lipinski definition) is 4. The maximum atomic E-state index is 12.1. The molecule has 0 atom stereocenters. The monoisotopic (exact) mass is 468 g/mol. The van der Waals surface area contributed by atoms with Gasteiger partial charge in [-0.15, -0.1) is 0 Å². The smallest absolute Gasteiger partial charge is 0.238 e. The molecule has 162 valence electrons. The summed E-state index contributed by atoms with van der Waals surface area (Å²) in [5.41, 5.74) is 1.78. The lowest BCUT2D eigenvalue weighted by Gasteiger charge is -2.14. The Morgan fingerprint density at radius 1 is 0.933 bits per heavy atom. The Labute approximate surface area is 182 Å². The average molecular weight is 469 g/mol. The SMILES string of the molecule is Cc1ccc(/C=C/c2ccc(NC(=S)NC(C)C)cc2S(N)(=O)=O)c(S(N)(=O)=O)c1. The van der Waals surface area contributed by atoms with Gasteiger partial charge >= 0.3 is 0 Å². The van der Waals surface area contributed by atoms with E-state index in [1.54, 1.807) is 31.2 Å². The fraction of sp³-hybridized carbons (Fsp3) is 0.211. The standard InChI is InChI=1S/C19H24N4O4S3/c1-12(2)22-19(28)23-16-9-8-15(18(11-16)30(21,26)27)7-6-14-5-4-13(3)10-17(14)29(20,24)25/h4-12H,1-3H3,(H2,20,24,25)(H2,21,26,27)(H2,22,23,28)/b7-6+. The van der Waals surface area contributed by atoms with Gasteiger partial charge in [0.15, 0.2) is 5.11 Å². The van der Waals surface area contributed by atoms with Crippen LogP contribution in [0.25, 0.3) is 12.2 Å². The molecular weight excluding hydrogens is 444 g/mol. The quantitative estimate of drug-likeness (QED) is 0.375. The first-order valence-electron chi connectivity index (χ1n) is 8.83. The molecule has 0 amide bonds. The molecule has 11 heteroatoms. The van der Waals surface area contributed by atoms with Crippen molar-refractivity contribution in [1.29, 1.82) is 0 Å². The maximum absolute atomic E-state index is 12.1. The van der Waals surface area contributed by atoms with Gasteiger partial charge in [0.1, 0.15) is 0 Å². The summed E-state index contributed by atoms with van der Waals surface area (Å²) in [6.45, 7) is 5.57. The Kier molecular flexibility index (Phi) is 7.37. The zero-order valence-corrected chi connectivity index (χ0v) is 19.2. The van der Waals surface area contributed by atoms with Crippen LogP contribution >= 0.6 is 12.2 Å². The van der Waals surface area contributed by atoms with Crippen LogP contribution in [0.1, 0.15) is 30.5 Å². The molecule has 0 spiro atoms. The van der Waals surface area contributed by atoms with Crippen molar-refractivity contribution in [3.63, 3.8) is 0 Å². The molecule has 0 bridgehead atoms. The lowest BCUT2D eigenvalue weighted by molar-refractivity contribution is 0.595. The second-order valence-corrected chi connectivity index (χ2v) is 10.4. The number of nitrogens with two attached hydrogens (primary N) is 2. The Morgan fingerprint density at radius 3 is 1.93 bits per heavy atom. The highest BCUT2D eigenvalue weighted by Gasteiger charge is 2.16. The fourth-order valence-electron chi connectivity index (χ4n) is 2.63. The van der Waals surface area contributed by atoms with Crippen molar-refractivity contribution in [2.45, 2.75) is 36.6 Å². The number of thiocarbonyl (C=S) groups is 1. The van der Waals surface area contributed by atoms with Crippen LogP contribution in [0.3, 0.4) is 0 Å². The third-order valence-corrected chi connectivity index (χ3v) is 6.07.